The molecule has 1 aliphatic rings. The molecule has 1 saturated heterocycles. The lowest BCUT2D eigenvalue weighted by atomic mass is 9.94. The van der Waals surface area contributed by atoms with Crippen molar-refractivity contribution in [1.82, 2.24) is 10.2 Å². The van der Waals surface area contributed by atoms with Crippen LogP contribution in [0.4, 0.5) is 0 Å². The highest BCUT2D eigenvalue weighted by Crippen LogP contribution is 2.23. The fourth-order valence-electron chi connectivity index (χ4n) is 2.50. The van der Waals surface area contributed by atoms with Crippen LogP contribution in [0.5, 0.6) is 0 Å². The third-order valence-electron chi connectivity index (χ3n) is 3.80. The van der Waals surface area contributed by atoms with Crippen molar-refractivity contribution in [3.05, 3.63) is 0 Å². The maximum atomic E-state index is 11.5. The van der Waals surface area contributed by atoms with Crippen LogP contribution < -0.4 is 5.32 Å². The van der Waals surface area contributed by atoms with E-state index in [9.17, 15) is 4.79 Å². The van der Waals surface area contributed by atoms with Crippen molar-refractivity contribution in [2.24, 2.45) is 0 Å². The lowest BCUT2D eigenvalue weighted by Gasteiger charge is -2.39. The molecule has 0 bridgehead atoms. The number of rotatable bonds is 6. The van der Waals surface area contributed by atoms with Crippen molar-refractivity contribution in [3.63, 3.8) is 0 Å². The highest BCUT2D eigenvalue weighted by atomic mass is 16.5. The molecule has 1 N–H and O–H groups in total. The van der Waals surface area contributed by atoms with Crippen LogP contribution in [0.15, 0.2) is 0 Å². The number of carbonyl (C=O) groups excluding carboxylic acids is 1. The molecule has 2 unspecified atom stereocenters. The number of esters is 1. The molecule has 1 rings (SSSR count). The summed E-state index contributed by atoms with van der Waals surface area (Å²) in [5, 5.41) is 2.99. The fourth-order valence-corrected chi connectivity index (χ4v) is 2.50. The van der Waals surface area contributed by atoms with E-state index in [-0.39, 0.29) is 17.6 Å². The average Bonchev–Trinajstić information content (AvgIpc) is 2.39. The van der Waals surface area contributed by atoms with Gasteiger partial charge in [-0.25, -0.2) is 0 Å². The van der Waals surface area contributed by atoms with Crippen LogP contribution in [0, 0.1) is 0 Å². The molecule has 5 nitrogen and oxygen atoms in total. The van der Waals surface area contributed by atoms with E-state index in [2.05, 4.69) is 17.1 Å². The Kier molecular flexibility index (Phi) is 6.05. The number of methoxy groups -OCH3 is 2. The van der Waals surface area contributed by atoms with Crippen LogP contribution in [0.3, 0.4) is 0 Å². The normalized spacial score (nSPS) is 26.9. The highest BCUT2D eigenvalue weighted by molar-refractivity contribution is 5.75. The zero-order valence-corrected chi connectivity index (χ0v) is 12.0. The highest BCUT2D eigenvalue weighted by Gasteiger charge is 2.31. The first-order chi connectivity index (χ1) is 8.54. The van der Waals surface area contributed by atoms with E-state index in [0.29, 0.717) is 0 Å². The summed E-state index contributed by atoms with van der Waals surface area (Å²) in [6.07, 6.45) is 3.02. The molecule has 1 fully saturated rings. The molecular weight excluding hydrogens is 232 g/mol. The molecule has 0 amide bonds. The van der Waals surface area contributed by atoms with Gasteiger partial charge in [0.2, 0.25) is 0 Å². The Morgan fingerprint density at radius 3 is 2.78 bits per heavy atom. The zero-order valence-electron chi connectivity index (χ0n) is 12.0. The SMILES string of the molecule is CNC(CCN1CCCC(C)(OC)C1)C(=O)OC. The molecule has 0 radical (unpaired) electrons. The van der Waals surface area contributed by atoms with Crippen LogP contribution >= 0.6 is 0 Å². The number of likely N-dealkylation sites (tertiary alicyclic amines) is 1. The molecule has 0 aromatic rings. The van der Waals surface area contributed by atoms with E-state index >= 15 is 0 Å². The largest absolute Gasteiger partial charge is 0.468 e. The van der Waals surface area contributed by atoms with Crippen LogP contribution in [0.2, 0.25) is 0 Å². The number of hydrogen-bond donors (Lipinski definition) is 1. The lowest BCUT2D eigenvalue weighted by molar-refractivity contribution is -0.143. The van der Waals surface area contributed by atoms with Gasteiger partial charge < -0.3 is 19.7 Å². The molecule has 0 aliphatic carbocycles. The maximum Gasteiger partial charge on any atom is 0.322 e. The molecule has 2 atom stereocenters. The summed E-state index contributed by atoms with van der Waals surface area (Å²) in [6.45, 7) is 5.05. The van der Waals surface area contributed by atoms with Crippen molar-refractivity contribution in [2.45, 2.75) is 37.8 Å². The minimum atomic E-state index is -0.217. The van der Waals surface area contributed by atoms with E-state index in [1.807, 2.05) is 0 Å². The number of hydrogen-bond acceptors (Lipinski definition) is 5. The van der Waals surface area contributed by atoms with Crippen LogP contribution in [0.1, 0.15) is 26.2 Å². The average molecular weight is 258 g/mol. The summed E-state index contributed by atoms with van der Waals surface area (Å²) in [5.41, 5.74) is -0.0430. The van der Waals surface area contributed by atoms with Crippen molar-refractivity contribution in [3.8, 4) is 0 Å². The van der Waals surface area contributed by atoms with E-state index in [4.69, 9.17) is 9.47 Å². The minimum Gasteiger partial charge on any atom is -0.468 e. The quantitative estimate of drug-likeness (QED) is 0.709. The molecule has 0 aromatic heterocycles. The smallest absolute Gasteiger partial charge is 0.322 e. The number of nitrogens with zero attached hydrogens (tertiary/aromatic N) is 1. The summed E-state index contributed by atoms with van der Waals surface area (Å²) in [6, 6.07) is -0.217. The van der Waals surface area contributed by atoms with Gasteiger partial charge in [0.05, 0.1) is 12.7 Å². The summed E-state index contributed by atoms with van der Waals surface area (Å²) < 4.78 is 10.3. The Hall–Kier alpha value is -0.650. The van der Waals surface area contributed by atoms with Gasteiger partial charge in [0.25, 0.3) is 0 Å². The van der Waals surface area contributed by atoms with Crippen LogP contribution in [-0.4, -0.2) is 63.4 Å². The third kappa shape index (κ3) is 4.23. The second kappa shape index (κ2) is 7.07. The molecule has 0 saturated carbocycles. The minimum absolute atomic E-state index is 0.0430. The predicted molar refractivity (Wildman–Crippen MR) is 70.6 cm³/mol. The second-order valence-electron chi connectivity index (χ2n) is 5.19. The van der Waals surface area contributed by atoms with Gasteiger partial charge in [-0.3, -0.25) is 4.79 Å². The molecule has 0 spiro atoms. The number of carbonyl (C=O) groups is 1. The predicted octanol–water partition coefficient (Wildman–Crippen LogP) is 0.638. The lowest BCUT2D eigenvalue weighted by Crippen LogP contribution is -2.49. The van der Waals surface area contributed by atoms with Gasteiger partial charge >= 0.3 is 5.97 Å². The van der Waals surface area contributed by atoms with Gasteiger partial charge in [0.15, 0.2) is 0 Å². The monoisotopic (exact) mass is 258 g/mol. The topological polar surface area (TPSA) is 50.8 Å². The van der Waals surface area contributed by atoms with Crippen molar-refractivity contribution in [1.29, 1.82) is 0 Å². The van der Waals surface area contributed by atoms with Gasteiger partial charge in [-0.15, -0.1) is 0 Å². The molecule has 106 valence electrons. The summed E-state index contributed by atoms with van der Waals surface area (Å²) in [4.78, 5) is 13.8. The number of piperidine rings is 1. The zero-order chi connectivity index (χ0) is 13.6. The Labute approximate surface area is 110 Å². The first-order valence-electron chi connectivity index (χ1n) is 6.57. The molecule has 1 heterocycles. The van der Waals surface area contributed by atoms with Gasteiger partial charge in [-0.05, 0) is 39.8 Å². The standard InChI is InChI=1S/C13H26N2O3/c1-13(18-4)7-5-8-15(10-13)9-6-11(14-2)12(16)17-3/h11,14H,5-10H2,1-4H3. The van der Waals surface area contributed by atoms with Crippen molar-refractivity contribution in [2.75, 3.05) is 40.9 Å². The number of likely N-dealkylation sites (N-methyl/N-ethyl adjacent to an activating group) is 1. The molecule has 5 heteroatoms. The molecule has 18 heavy (non-hydrogen) atoms. The van der Waals surface area contributed by atoms with E-state index < -0.39 is 0 Å². The maximum absolute atomic E-state index is 11.5. The van der Waals surface area contributed by atoms with E-state index in [1.165, 1.54) is 7.11 Å². The summed E-state index contributed by atoms with van der Waals surface area (Å²) in [7, 11) is 4.99. The Morgan fingerprint density at radius 2 is 2.22 bits per heavy atom. The third-order valence-corrected chi connectivity index (χ3v) is 3.80. The molecular formula is C13H26N2O3. The Bertz CT molecular complexity index is 273. The van der Waals surface area contributed by atoms with Gasteiger partial charge in [-0.2, -0.15) is 0 Å². The van der Waals surface area contributed by atoms with Gasteiger partial charge in [0.1, 0.15) is 6.04 Å². The van der Waals surface area contributed by atoms with Crippen LogP contribution in [-0.2, 0) is 14.3 Å². The van der Waals surface area contributed by atoms with E-state index in [0.717, 1.165) is 38.9 Å². The molecule has 1 aliphatic heterocycles. The first kappa shape index (κ1) is 15.4. The first-order valence-corrected chi connectivity index (χ1v) is 6.57. The summed E-state index contributed by atoms with van der Waals surface area (Å²) >= 11 is 0. The van der Waals surface area contributed by atoms with E-state index in [1.54, 1.807) is 14.2 Å². The second-order valence-corrected chi connectivity index (χ2v) is 5.19. The van der Waals surface area contributed by atoms with Crippen LogP contribution in [0.25, 0.3) is 0 Å². The number of ether oxygens (including phenoxy) is 2. The van der Waals surface area contributed by atoms with Crippen molar-refractivity contribution >= 4 is 5.97 Å². The summed E-state index contributed by atoms with van der Waals surface area (Å²) in [5.74, 6) is -0.191. The number of nitrogens with one attached hydrogen (secondary N) is 1. The van der Waals surface area contributed by atoms with Gasteiger partial charge in [-0.1, -0.05) is 0 Å². The fraction of sp³-hybridized carbons (Fsp3) is 0.923. The molecule has 0 aromatic carbocycles. The van der Waals surface area contributed by atoms with Gasteiger partial charge in [0, 0.05) is 20.2 Å². The van der Waals surface area contributed by atoms with Crippen molar-refractivity contribution < 1.29 is 14.3 Å². The Balaban J connectivity index is 2.40. The Morgan fingerprint density at radius 1 is 1.50 bits per heavy atom.